The van der Waals surface area contributed by atoms with Gasteiger partial charge >= 0.3 is 0 Å². The fraction of sp³-hybridized carbons (Fsp3) is 0.857. The monoisotopic (exact) mass is 1090 g/mol. The van der Waals surface area contributed by atoms with Crippen molar-refractivity contribution in [1.82, 2.24) is 5.32 Å². The average molecular weight is 1090 g/mol. The third-order valence-corrected chi connectivity index (χ3v) is 15.2. The van der Waals surface area contributed by atoms with Gasteiger partial charge in [-0.3, -0.25) is 4.79 Å². The number of carbonyl (C=O) groups is 1. The molecule has 2 saturated heterocycles. The van der Waals surface area contributed by atoms with E-state index in [2.05, 4.69) is 55.6 Å². The molecule has 9 N–H and O–H groups in total. The molecule has 1 amide bonds. The van der Waals surface area contributed by atoms with Crippen LogP contribution in [0, 0.1) is 0 Å². The van der Waals surface area contributed by atoms with E-state index in [4.69, 9.17) is 18.9 Å². The molecule has 2 aliphatic heterocycles. The molecule has 0 spiro atoms. The van der Waals surface area contributed by atoms with Gasteiger partial charge in [0.15, 0.2) is 12.6 Å². The Hall–Kier alpha value is -2.05. The van der Waals surface area contributed by atoms with E-state index >= 15 is 0 Å². The van der Waals surface area contributed by atoms with Crippen LogP contribution in [-0.2, 0) is 23.7 Å². The molecule has 0 aliphatic carbocycles. The van der Waals surface area contributed by atoms with Gasteiger partial charge in [-0.2, -0.15) is 0 Å². The van der Waals surface area contributed by atoms with Crippen LogP contribution < -0.4 is 5.32 Å². The molecule has 12 atom stereocenters. The summed E-state index contributed by atoms with van der Waals surface area (Å²) in [5.41, 5.74) is 0. The Labute approximate surface area is 467 Å². The van der Waals surface area contributed by atoms with Crippen molar-refractivity contribution in [2.75, 3.05) is 19.8 Å². The lowest BCUT2D eigenvalue weighted by atomic mass is 9.97. The van der Waals surface area contributed by atoms with E-state index in [-0.39, 0.29) is 18.9 Å². The zero-order valence-corrected chi connectivity index (χ0v) is 48.5. The lowest BCUT2D eigenvalue weighted by molar-refractivity contribution is -0.359. The Morgan fingerprint density at radius 3 is 1.39 bits per heavy atom. The van der Waals surface area contributed by atoms with Gasteiger partial charge in [-0.15, -0.1) is 0 Å². The number of allylic oxidation sites excluding steroid dienone is 7. The zero-order chi connectivity index (χ0) is 56.0. The van der Waals surface area contributed by atoms with Crippen molar-refractivity contribution in [3.8, 4) is 0 Å². The molecule has 14 heteroatoms. The van der Waals surface area contributed by atoms with Gasteiger partial charge in [-0.25, -0.2) is 0 Å². The number of aliphatic hydroxyl groups excluding tert-OH is 8. The number of hydrogen-bond donors (Lipinski definition) is 9. The highest BCUT2D eigenvalue weighted by Crippen LogP contribution is 2.30. The van der Waals surface area contributed by atoms with Crippen LogP contribution in [0.4, 0.5) is 0 Å². The first kappa shape index (κ1) is 71.1. The van der Waals surface area contributed by atoms with Crippen LogP contribution in [0.25, 0.3) is 0 Å². The predicted molar refractivity (Wildman–Crippen MR) is 309 cm³/mol. The first-order chi connectivity index (χ1) is 37.6. The first-order valence-corrected chi connectivity index (χ1v) is 31.4. The first-order valence-electron chi connectivity index (χ1n) is 31.4. The topological polar surface area (TPSA) is 228 Å². The van der Waals surface area contributed by atoms with Crippen molar-refractivity contribution >= 4 is 5.91 Å². The fourth-order valence-electron chi connectivity index (χ4n) is 10.1. The smallest absolute Gasteiger partial charge is 0.220 e. The highest BCUT2D eigenvalue weighted by Gasteiger charge is 2.51. The lowest BCUT2D eigenvalue weighted by Gasteiger charge is -2.46. The van der Waals surface area contributed by atoms with Gasteiger partial charge in [0.1, 0.15) is 48.8 Å². The minimum absolute atomic E-state index is 0.256. The minimum Gasteiger partial charge on any atom is -0.394 e. The number of amides is 1. The third kappa shape index (κ3) is 34.1. The molecule has 0 aromatic carbocycles. The lowest BCUT2D eigenvalue weighted by Crippen LogP contribution is -2.65. The maximum atomic E-state index is 13.2. The maximum Gasteiger partial charge on any atom is 0.220 e. The normalized spacial score (nSPS) is 25.0. The van der Waals surface area contributed by atoms with Crippen molar-refractivity contribution in [2.45, 2.75) is 325 Å². The predicted octanol–water partition coefficient (Wildman–Crippen LogP) is 11.2. The Balaban J connectivity index is 1.72. The molecular formula is C63H115NO13. The molecule has 2 heterocycles. The number of aliphatic hydroxyl groups is 8. The van der Waals surface area contributed by atoms with Gasteiger partial charge < -0.3 is 65.1 Å². The van der Waals surface area contributed by atoms with Crippen LogP contribution >= 0.6 is 0 Å². The molecule has 0 saturated carbocycles. The molecule has 12 unspecified atom stereocenters. The van der Waals surface area contributed by atoms with Gasteiger partial charge in [0.05, 0.1) is 32.0 Å². The van der Waals surface area contributed by atoms with Crippen molar-refractivity contribution in [1.29, 1.82) is 0 Å². The van der Waals surface area contributed by atoms with Gasteiger partial charge in [-0.1, -0.05) is 236 Å². The molecular weight excluding hydrogens is 979 g/mol. The molecule has 0 aromatic heterocycles. The standard InChI is InChI=1S/C63H115NO13/c1-3-5-7-9-11-13-15-17-19-20-21-22-23-24-25-26-27-28-29-30-31-32-33-34-36-38-40-42-44-46-52(67)51(64-55(68)47-45-43-41-39-37-35-18-16-14-12-10-8-6-4-2)50-74-62-60(73)58(71)61(54(49-66)76-62)77-63-59(72)57(70)56(69)53(48-65)75-63/h10,12,16,18,36,38,44,46,51-54,56-63,65-67,69-73H,3-9,11,13-15,17,19-35,37,39-43,45,47-50H2,1-2H3,(H,64,68)/b12-10-,18-16-,38-36+,46-44+. The summed E-state index contributed by atoms with van der Waals surface area (Å²) in [5, 5.41) is 87.1. The Morgan fingerprint density at radius 1 is 0.468 bits per heavy atom. The molecule has 14 nitrogen and oxygen atoms in total. The van der Waals surface area contributed by atoms with E-state index in [1.54, 1.807) is 6.08 Å². The second-order valence-electron chi connectivity index (χ2n) is 22.2. The van der Waals surface area contributed by atoms with Crippen LogP contribution in [0.2, 0.25) is 0 Å². The van der Waals surface area contributed by atoms with E-state index in [0.29, 0.717) is 12.8 Å². The van der Waals surface area contributed by atoms with Crippen molar-refractivity contribution in [3.63, 3.8) is 0 Å². The number of unbranched alkanes of at least 4 members (excludes halogenated alkanes) is 31. The third-order valence-electron chi connectivity index (χ3n) is 15.2. The second-order valence-corrected chi connectivity index (χ2v) is 22.2. The number of rotatable bonds is 50. The van der Waals surface area contributed by atoms with Crippen molar-refractivity contribution in [2.24, 2.45) is 0 Å². The summed E-state index contributed by atoms with van der Waals surface area (Å²) in [6.07, 6.45) is 44.6. The van der Waals surface area contributed by atoms with Gasteiger partial charge in [-0.05, 0) is 57.8 Å². The SMILES string of the molecule is CCCC/C=C\C/C=C\CCCCCCCC(=O)NC(COC1OC(CO)C(OC2OC(CO)C(O)C(O)C2O)C(O)C1O)C(O)/C=C/CC/C=C/CCCCCCCCCCCCCCCCCCCCCCCCC. The summed E-state index contributed by atoms with van der Waals surface area (Å²) in [5.74, 6) is -0.263. The van der Waals surface area contributed by atoms with Crippen molar-refractivity contribution in [3.05, 3.63) is 48.6 Å². The Morgan fingerprint density at radius 2 is 0.883 bits per heavy atom. The summed E-state index contributed by atoms with van der Waals surface area (Å²) < 4.78 is 22.7. The van der Waals surface area contributed by atoms with E-state index in [9.17, 15) is 45.6 Å². The molecule has 0 bridgehead atoms. The number of hydrogen-bond acceptors (Lipinski definition) is 13. The number of carbonyl (C=O) groups excluding carboxylic acids is 1. The molecule has 2 rings (SSSR count). The summed E-state index contributed by atoms with van der Waals surface area (Å²) in [7, 11) is 0. The van der Waals surface area contributed by atoms with Crippen LogP contribution in [0.5, 0.6) is 0 Å². The molecule has 2 fully saturated rings. The molecule has 2 aliphatic rings. The number of nitrogens with one attached hydrogen (secondary N) is 1. The van der Waals surface area contributed by atoms with Crippen LogP contribution in [0.3, 0.4) is 0 Å². The van der Waals surface area contributed by atoms with Crippen LogP contribution in [0.1, 0.15) is 251 Å². The van der Waals surface area contributed by atoms with E-state index in [0.717, 1.165) is 57.8 Å². The zero-order valence-electron chi connectivity index (χ0n) is 48.5. The Bertz CT molecular complexity index is 1480. The number of ether oxygens (including phenoxy) is 4. The Kier molecular flexibility index (Phi) is 44.9. The van der Waals surface area contributed by atoms with E-state index in [1.807, 2.05) is 6.08 Å². The summed E-state index contributed by atoms with van der Waals surface area (Å²) in [6, 6.07) is -0.940. The van der Waals surface area contributed by atoms with Gasteiger partial charge in [0.2, 0.25) is 5.91 Å². The molecule has 77 heavy (non-hydrogen) atoms. The summed E-state index contributed by atoms with van der Waals surface area (Å²) in [6.45, 7) is 2.74. The summed E-state index contributed by atoms with van der Waals surface area (Å²) >= 11 is 0. The van der Waals surface area contributed by atoms with E-state index < -0.39 is 86.8 Å². The van der Waals surface area contributed by atoms with Crippen molar-refractivity contribution < 1.29 is 64.6 Å². The summed E-state index contributed by atoms with van der Waals surface area (Å²) in [4.78, 5) is 13.2. The fourth-order valence-corrected chi connectivity index (χ4v) is 10.1. The second kappa shape index (κ2) is 48.6. The van der Waals surface area contributed by atoms with Gasteiger partial charge in [0.25, 0.3) is 0 Å². The highest BCUT2D eigenvalue weighted by atomic mass is 16.7. The maximum absolute atomic E-state index is 13.2. The van der Waals surface area contributed by atoms with Crippen LogP contribution in [-0.4, -0.2) is 140 Å². The van der Waals surface area contributed by atoms with Gasteiger partial charge in [0, 0.05) is 6.42 Å². The largest absolute Gasteiger partial charge is 0.394 e. The van der Waals surface area contributed by atoms with E-state index in [1.165, 1.54) is 161 Å². The molecule has 0 radical (unpaired) electrons. The average Bonchev–Trinajstić information content (AvgIpc) is 3.44. The quantitative estimate of drug-likeness (QED) is 0.0204. The minimum atomic E-state index is -1.79. The highest BCUT2D eigenvalue weighted by molar-refractivity contribution is 5.76. The molecule has 450 valence electrons. The van der Waals surface area contributed by atoms with Crippen LogP contribution in [0.15, 0.2) is 48.6 Å². The molecule has 0 aromatic rings.